The summed E-state index contributed by atoms with van der Waals surface area (Å²) in [4.78, 5) is 2.42. The highest BCUT2D eigenvalue weighted by atomic mass is 16.3. The molecule has 0 radical (unpaired) electrons. The zero-order valence-corrected chi connectivity index (χ0v) is 12.3. The van der Waals surface area contributed by atoms with Gasteiger partial charge in [0.25, 0.3) is 0 Å². The lowest BCUT2D eigenvalue weighted by Crippen LogP contribution is -2.32. The molecule has 2 unspecified atom stereocenters. The van der Waals surface area contributed by atoms with E-state index in [0.29, 0.717) is 11.8 Å². The number of rotatable bonds is 2. The molecule has 20 heavy (non-hydrogen) atoms. The van der Waals surface area contributed by atoms with Crippen molar-refractivity contribution in [3.63, 3.8) is 0 Å². The zero-order valence-electron chi connectivity index (χ0n) is 12.3. The summed E-state index contributed by atoms with van der Waals surface area (Å²) in [5, 5.41) is 10.2. The number of benzene rings is 2. The zero-order chi connectivity index (χ0) is 14.3. The van der Waals surface area contributed by atoms with Crippen LogP contribution in [-0.4, -0.2) is 11.1 Å². The second-order valence-corrected chi connectivity index (χ2v) is 5.83. The van der Waals surface area contributed by atoms with Crippen LogP contribution < -0.4 is 4.90 Å². The van der Waals surface area contributed by atoms with Gasteiger partial charge < -0.3 is 10.0 Å². The Kier molecular flexibility index (Phi) is 3.17. The molecule has 3 rings (SSSR count). The van der Waals surface area contributed by atoms with Gasteiger partial charge in [0.2, 0.25) is 0 Å². The number of para-hydroxylation sites is 1. The van der Waals surface area contributed by atoms with Gasteiger partial charge in [-0.3, -0.25) is 0 Å². The Balaban J connectivity index is 2.02. The highest BCUT2D eigenvalue weighted by Crippen LogP contribution is 2.40. The summed E-state index contributed by atoms with van der Waals surface area (Å²) < 4.78 is 0. The predicted octanol–water partition coefficient (Wildman–Crippen LogP) is 4.21. The second-order valence-electron chi connectivity index (χ2n) is 5.83. The van der Waals surface area contributed by atoms with Gasteiger partial charge in [0.1, 0.15) is 5.75 Å². The number of fused-ring (bicyclic) bond motifs is 1. The third-order valence-electron chi connectivity index (χ3n) is 4.31. The summed E-state index contributed by atoms with van der Waals surface area (Å²) in [5.74, 6) is 0.389. The summed E-state index contributed by atoms with van der Waals surface area (Å²) in [7, 11) is 0. The van der Waals surface area contributed by atoms with Gasteiger partial charge in [0.05, 0.1) is 6.04 Å². The Bertz CT molecular complexity index is 635. The average molecular weight is 267 g/mol. The first kappa shape index (κ1) is 13.0. The molecule has 1 aliphatic rings. The highest BCUT2D eigenvalue weighted by Gasteiger charge is 2.30. The highest BCUT2D eigenvalue weighted by molar-refractivity contribution is 5.61. The number of aromatic hydroxyl groups is 1. The minimum absolute atomic E-state index is 0.175. The normalized spacial score (nSPS) is 18.9. The second kappa shape index (κ2) is 4.86. The van der Waals surface area contributed by atoms with E-state index < -0.39 is 0 Å². The lowest BCUT2D eigenvalue weighted by atomic mass is 10.0. The molecule has 0 aliphatic carbocycles. The standard InChI is InChI=1S/C18H21NO/c1-12-8-9-18(20)16(10-12)14(3)19-13(2)11-15-6-4-5-7-17(15)19/h4-10,13-14,20H,11H2,1-3H3. The minimum Gasteiger partial charge on any atom is -0.508 e. The molecule has 2 heteroatoms. The van der Waals surface area contributed by atoms with E-state index in [4.69, 9.17) is 0 Å². The maximum atomic E-state index is 10.2. The van der Waals surface area contributed by atoms with Crippen LogP contribution in [0, 0.1) is 6.92 Å². The van der Waals surface area contributed by atoms with Crippen LogP contribution in [0.15, 0.2) is 42.5 Å². The third-order valence-corrected chi connectivity index (χ3v) is 4.31. The average Bonchev–Trinajstić information content (AvgIpc) is 2.76. The van der Waals surface area contributed by atoms with Crippen LogP contribution in [0.3, 0.4) is 0 Å². The van der Waals surface area contributed by atoms with Gasteiger partial charge in [-0.05, 0) is 44.9 Å². The van der Waals surface area contributed by atoms with Crippen LogP contribution in [0.5, 0.6) is 5.75 Å². The fraction of sp³-hybridized carbons (Fsp3) is 0.333. The molecule has 0 bridgehead atoms. The van der Waals surface area contributed by atoms with Crippen molar-refractivity contribution in [2.45, 2.75) is 39.3 Å². The van der Waals surface area contributed by atoms with E-state index in [1.165, 1.54) is 16.8 Å². The molecular formula is C18H21NO. The van der Waals surface area contributed by atoms with Gasteiger partial charge in [0, 0.05) is 17.3 Å². The summed E-state index contributed by atoms with van der Waals surface area (Å²) in [6, 6.07) is 15.1. The van der Waals surface area contributed by atoms with Gasteiger partial charge in [-0.2, -0.15) is 0 Å². The van der Waals surface area contributed by atoms with Crippen LogP contribution in [0.25, 0.3) is 0 Å². The molecule has 0 spiro atoms. The number of aryl methyl sites for hydroxylation is 1. The fourth-order valence-electron chi connectivity index (χ4n) is 3.34. The van der Waals surface area contributed by atoms with Crippen LogP contribution >= 0.6 is 0 Å². The number of phenols is 1. The fourth-order valence-corrected chi connectivity index (χ4v) is 3.34. The van der Waals surface area contributed by atoms with Gasteiger partial charge in [-0.1, -0.05) is 35.9 Å². The lowest BCUT2D eigenvalue weighted by molar-refractivity contribution is 0.457. The van der Waals surface area contributed by atoms with E-state index in [2.05, 4.69) is 56.0 Å². The third kappa shape index (κ3) is 2.05. The van der Waals surface area contributed by atoms with E-state index in [-0.39, 0.29) is 6.04 Å². The molecule has 1 N–H and O–H groups in total. The number of phenolic OH excluding ortho intramolecular Hbond substituents is 1. The Labute approximate surface area is 120 Å². The first-order valence-corrected chi connectivity index (χ1v) is 7.23. The number of hydrogen-bond acceptors (Lipinski definition) is 2. The molecule has 1 aliphatic heterocycles. The molecule has 2 nitrogen and oxygen atoms in total. The Morgan fingerprint density at radius 3 is 2.75 bits per heavy atom. The molecule has 0 aromatic heterocycles. The van der Waals surface area contributed by atoms with Crippen molar-refractivity contribution < 1.29 is 5.11 Å². The van der Waals surface area contributed by atoms with E-state index in [1.54, 1.807) is 6.07 Å². The topological polar surface area (TPSA) is 23.5 Å². The van der Waals surface area contributed by atoms with Gasteiger partial charge in [0.15, 0.2) is 0 Å². The Hall–Kier alpha value is -1.96. The van der Waals surface area contributed by atoms with Crippen molar-refractivity contribution in [2.24, 2.45) is 0 Å². The molecule has 0 amide bonds. The van der Waals surface area contributed by atoms with Crippen LogP contribution in [-0.2, 0) is 6.42 Å². The number of hydrogen-bond donors (Lipinski definition) is 1. The summed E-state index contributed by atoms with van der Waals surface area (Å²) in [6.07, 6.45) is 1.08. The van der Waals surface area contributed by atoms with Crippen molar-refractivity contribution in [2.75, 3.05) is 4.90 Å². The summed E-state index contributed by atoms with van der Waals surface area (Å²) in [6.45, 7) is 6.49. The minimum atomic E-state index is 0.175. The number of anilines is 1. The van der Waals surface area contributed by atoms with E-state index in [0.717, 1.165) is 12.0 Å². The maximum absolute atomic E-state index is 10.2. The molecular weight excluding hydrogens is 246 g/mol. The van der Waals surface area contributed by atoms with Gasteiger partial charge in [-0.15, -0.1) is 0 Å². The Morgan fingerprint density at radius 2 is 1.95 bits per heavy atom. The van der Waals surface area contributed by atoms with Crippen molar-refractivity contribution in [3.05, 3.63) is 59.2 Å². The maximum Gasteiger partial charge on any atom is 0.120 e. The Morgan fingerprint density at radius 1 is 1.20 bits per heavy atom. The van der Waals surface area contributed by atoms with Crippen molar-refractivity contribution in [3.8, 4) is 5.75 Å². The molecule has 104 valence electrons. The first-order valence-electron chi connectivity index (χ1n) is 7.23. The smallest absolute Gasteiger partial charge is 0.120 e. The van der Waals surface area contributed by atoms with Crippen LogP contribution in [0.2, 0.25) is 0 Å². The molecule has 2 atom stereocenters. The molecule has 0 saturated carbocycles. The monoisotopic (exact) mass is 267 g/mol. The van der Waals surface area contributed by atoms with Crippen molar-refractivity contribution in [1.82, 2.24) is 0 Å². The first-order chi connectivity index (χ1) is 9.58. The molecule has 2 aromatic carbocycles. The molecule has 1 heterocycles. The quantitative estimate of drug-likeness (QED) is 0.881. The van der Waals surface area contributed by atoms with Crippen molar-refractivity contribution in [1.29, 1.82) is 0 Å². The number of nitrogens with zero attached hydrogens (tertiary/aromatic N) is 1. The summed E-state index contributed by atoms with van der Waals surface area (Å²) in [5.41, 5.74) is 4.89. The molecule has 0 fully saturated rings. The molecule has 2 aromatic rings. The van der Waals surface area contributed by atoms with Crippen LogP contribution in [0.1, 0.15) is 36.6 Å². The van der Waals surface area contributed by atoms with Crippen LogP contribution in [0.4, 0.5) is 5.69 Å². The van der Waals surface area contributed by atoms with E-state index in [1.807, 2.05) is 6.07 Å². The molecule has 0 saturated heterocycles. The predicted molar refractivity (Wildman–Crippen MR) is 83.3 cm³/mol. The lowest BCUT2D eigenvalue weighted by Gasteiger charge is -2.32. The summed E-state index contributed by atoms with van der Waals surface area (Å²) >= 11 is 0. The van der Waals surface area contributed by atoms with Gasteiger partial charge in [-0.25, -0.2) is 0 Å². The van der Waals surface area contributed by atoms with Crippen molar-refractivity contribution >= 4 is 5.69 Å². The van der Waals surface area contributed by atoms with E-state index >= 15 is 0 Å². The van der Waals surface area contributed by atoms with Gasteiger partial charge >= 0.3 is 0 Å². The van der Waals surface area contributed by atoms with E-state index in [9.17, 15) is 5.11 Å². The largest absolute Gasteiger partial charge is 0.508 e. The SMILES string of the molecule is Cc1ccc(O)c(C(C)N2c3ccccc3CC2C)c1.